The van der Waals surface area contributed by atoms with E-state index >= 15 is 0 Å². The van der Waals surface area contributed by atoms with E-state index in [1.807, 2.05) is 0 Å². The van der Waals surface area contributed by atoms with Crippen LogP contribution in [0.4, 0.5) is 0 Å². The Balaban J connectivity index is 1.74. The molecule has 1 fully saturated rings. The molecule has 0 spiro atoms. The van der Waals surface area contributed by atoms with E-state index in [9.17, 15) is 9.59 Å². The Morgan fingerprint density at radius 2 is 1.59 bits per heavy atom. The Morgan fingerprint density at radius 3 is 2.05 bits per heavy atom. The van der Waals surface area contributed by atoms with Crippen LogP contribution in [-0.4, -0.2) is 37.2 Å². The lowest BCUT2D eigenvalue weighted by molar-refractivity contribution is 0.0616. The molecular formula is C17H23NO3Si. The molecule has 1 unspecified atom stereocenters. The highest BCUT2D eigenvalue weighted by atomic mass is 28.4. The van der Waals surface area contributed by atoms with E-state index in [1.165, 1.54) is 4.90 Å². The van der Waals surface area contributed by atoms with Crippen LogP contribution in [0.25, 0.3) is 0 Å². The number of hydrogen-bond acceptors (Lipinski definition) is 3. The molecule has 0 saturated heterocycles. The lowest BCUT2D eigenvalue weighted by Crippen LogP contribution is -2.43. The molecule has 2 aliphatic rings. The lowest BCUT2D eigenvalue weighted by atomic mass is 10.1. The first-order valence-electron chi connectivity index (χ1n) is 7.78. The van der Waals surface area contributed by atoms with Crippen LogP contribution in [0, 0.1) is 0 Å². The zero-order valence-electron chi connectivity index (χ0n) is 13.8. The molecule has 5 heteroatoms. The second-order valence-electron chi connectivity index (χ2n) is 7.75. The van der Waals surface area contributed by atoms with E-state index in [0.29, 0.717) is 11.1 Å². The van der Waals surface area contributed by atoms with Crippen LogP contribution < -0.4 is 0 Å². The second kappa shape index (κ2) is 4.76. The highest BCUT2D eigenvalue weighted by Gasteiger charge is 2.54. The largest absolute Gasteiger partial charge is 0.412 e. The summed E-state index contributed by atoms with van der Waals surface area (Å²) in [6, 6.07) is 6.94. The smallest absolute Gasteiger partial charge is 0.261 e. The summed E-state index contributed by atoms with van der Waals surface area (Å²) in [6.07, 6.45) is 0.765. The summed E-state index contributed by atoms with van der Waals surface area (Å²) in [5, 5.41) is 0.127. The van der Waals surface area contributed by atoms with Crippen molar-refractivity contribution in [1.29, 1.82) is 0 Å². The van der Waals surface area contributed by atoms with Crippen molar-refractivity contribution in [1.82, 2.24) is 4.90 Å². The maximum Gasteiger partial charge on any atom is 0.261 e. The number of benzene rings is 1. The standard InChI is InChI=1S/C17H23NO3Si/c1-17(2,3)22(4,5)21-14-10-13(14)18-15(19)11-8-6-7-9-12(11)16(18)20/h6-9,13-14H,10H2,1-5H3/t13-,14?/m1/s1. The van der Waals surface area contributed by atoms with Gasteiger partial charge in [-0.25, -0.2) is 0 Å². The molecule has 1 aromatic carbocycles. The zero-order chi connectivity index (χ0) is 16.3. The molecule has 1 aliphatic carbocycles. The van der Waals surface area contributed by atoms with E-state index in [2.05, 4.69) is 33.9 Å². The Hall–Kier alpha value is -1.46. The average Bonchev–Trinajstić information content (AvgIpc) is 3.09. The topological polar surface area (TPSA) is 46.6 Å². The van der Waals surface area contributed by atoms with Crippen LogP contribution in [0.2, 0.25) is 18.1 Å². The molecule has 1 aliphatic heterocycles. The molecule has 118 valence electrons. The Morgan fingerprint density at radius 1 is 1.09 bits per heavy atom. The summed E-state index contributed by atoms with van der Waals surface area (Å²) in [5.41, 5.74) is 1.04. The molecule has 1 heterocycles. The highest BCUT2D eigenvalue weighted by molar-refractivity contribution is 6.74. The minimum Gasteiger partial charge on any atom is -0.412 e. The predicted molar refractivity (Wildman–Crippen MR) is 87.4 cm³/mol. The van der Waals surface area contributed by atoms with Gasteiger partial charge in [0.15, 0.2) is 8.32 Å². The fourth-order valence-electron chi connectivity index (χ4n) is 2.62. The molecule has 3 rings (SSSR count). The number of nitrogens with zero attached hydrogens (tertiary/aromatic N) is 1. The van der Waals surface area contributed by atoms with Crippen molar-refractivity contribution < 1.29 is 14.0 Å². The zero-order valence-corrected chi connectivity index (χ0v) is 14.8. The Kier molecular flexibility index (Phi) is 3.34. The first-order valence-corrected chi connectivity index (χ1v) is 10.7. The summed E-state index contributed by atoms with van der Waals surface area (Å²) in [4.78, 5) is 26.3. The Labute approximate surface area is 132 Å². The highest BCUT2D eigenvalue weighted by Crippen LogP contribution is 2.44. The van der Waals surface area contributed by atoms with Crippen LogP contribution in [0.15, 0.2) is 24.3 Å². The maximum absolute atomic E-state index is 12.5. The van der Waals surface area contributed by atoms with Crippen molar-refractivity contribution >= 4 is 20.1 Å². The molecule has 0 aromatic heterocycles. The number of fused-ring (bicyclic) bond motifs is 1. The van der Waals surface area contributed by atoms with E-state index < -0.39 is 8.32 Å². The summed E-state index contributed by atoms with van der Waals surface area (Å²) in [7, 11) is -1.87. The van der Waals surface area contributed by atoms with Gasteiger partial charge >= 0.3 is 0 Å². The van der Waals surface area contributed by atoms with Gasteiger partial charge in [0.25, 0.3) is 11.8 Å². The van der Waals surface area contributed by atoms with Gasteiger partial charge in [-0.05, 0) is 36.7 Å². The predicted octanol–water partition coefficient (Wildman–Crippen LogP) is 3.45. The maximum atomic E-state index is 12.5. The van der Waals surface area contributed by atoms with Crippen molar-refractivity contribution in [2.24, 2.45) is 0 Å². The molecule has 2 amide bonds. The third-order valence-corrected chi connectivity index (χ3v) is 9.61. The summed E-state index contributed by atoms with van der Waals surface area (Å²) in [6.45, 7) is 11.0. The summed E-state index contributed by atoms with van der Waals surface area (Å²) < 4.78 is 6.33. The van der Waals surface area contributed by atoms with Gasteiger partial charge in [-0.2, -0.15) is 0 Å². The first-order chi connectivity index (χ1) is 10.1. The molecule has 0 N–H and O–H groups in total. The van der Waals surface area contributed by atoms with Gasteiger partial charge < -0.3 is 4.43 Å². The molecular weight excluding hydrogens is 294 g/mol. The van der Waals surface area contributed by atoms with Crippen molar-refractivity contribution in [2.75, 3.05) is 0 Å². The quantitative estimate of drug-likeness (QED) is 0.634. The first kappa shape index (κ1) is 15.4. The number of carbonyl (C=O) groups excluding carboxylic acids is 2. The Bertz CT molecular complexity index is 613. The van der Waals surface area contributed by atoms with Crippen LogP contribution in [0.1, 0.15) is 47.9 Å². The molecule has 22 heavy (non-hydrogen) atoms. The normalized spacial score (nSPS) is 24.7. The van der Waals surface area contributed by atoms with Gasteiger partial charge in [0.05, 0.1) is 23.3 Å². The van der Waals surface area contributed by atoms with E-state index in [0.717, 1.165) is 6.42 Å². The average molecular weight is 317 g/mol. The summed E-state index contributed by atoms with van der Waals surface area (Å²) in [5.74, 6) is -0.348. The fraction of sp³-hybridized carbons (Fsp3) is 0.529. The van der Waals surface area contributed by atoms with Gasteiger partial charge in [0.2, 0.25) is 0 Å². The van der Waals surface area contributed by atoms with E-state index in [-0.39, 0.29) is 29.0 Å². The van der Waals surface area contributed by atoms with Crippen LogP contribution >= 0.6 is 0 Å². The van der Waals surface area contributed by atoms with E-state index in [1.54, 1.807) is 24.3 Å². The van der Waals surface area contributed by atoms with Gasteiger partial charge in [-0.15, -0.1) is 0 Å². The van der Waals surface area contributed by atoms with Crippen LogP contribution in [0.5, 0.6) is 0 Å². The second-order valence-corrected chi connectivity index (χ2v) is 12.5. The minimum absolute atomic E-state index is 0.00287. The molecule has 1 saturated carbocycles. The van der Waals surface area contributed by atoms with Crippen LogP contribution in [-0.2, 0) is 4.43 Å². The van der Waals surface area contributed by atoms with Gasteiger partial charge in [0, 0.05) is 0 Å². The number of imide groups is 1. The number of carbonyl (C=O) groups is 2. The molecule has 4 nitrogen and oxygen atoms in total. The van der Waals surface area contributed by atoms with Crippen LogP contribution in [0.3, 0.4) is 0 Å². The molecule has 1 aromatic rings. The molecule has 2 atom stereocenters. The van der Waals surface area contributed by atoms with Crippen molar-refractivity contribution in [3.8, 4) is 0 Å². The van der Waals surface area contributed by atoms with Gasteiger partial charge in [-0.1, -0.05) is 32.9 Å². The fourth-order valence-corrected chi connectivity index (χ4v) is 3.99. The summed E-state index contributed by atoms with van der Waals surface area (Å²) >= 11 is 0. The molecule has 0 radical (unpaired) electrons. The van der Waals surface area contributed by atoms with E-state index in [4.69, 9.17) is 4.43 Å². The van der Waals surface area contributed by atoms with Crippen molar-refractivity contribution in [3.05, 3.63) is 35.4 Å². The third-order valence-electron chi connectivity index (χ3n) is 5.11. The van der Waals surface area contributed by atoms with Gasteiger partial charge in [-0.3, -0.25) is 14.5 Å². The lowest BCUT2D eigenvalue weighted by Gasteiger charge is -2.36. The van der Waals surface area contributed by atoms with Gasteiger partial charge in [0.1, 0.15) is 0 Å². The number of amides is 2. The number of hydrogen-bond donors (Lipinski definition) is 0. The monoisotopic (exact) mass is 317 g/mol. The minimum atomic E-state index is -1.87. The van der Waals surface area contributed by atoms with Crippen molar-refractivity contribution in [3.63, 3.8) is 0 Å². The third kappa shape index (κ3) is 2.32. The SMILES string of the molecule is CC(C)(C)[Si](C)(C)OC1C[C@H]1N1C(=O)c2ccccc2C1=O. The van der Waals surface area contributed by atoms with Crippen molar-refractivity contribution in [2.45, 2.75) is 57.5 Å². The number of rotatable bonds is 3. The molecule has 0 bridgehead atoms.